The highest BCUT2D eigenvalue weighted by atomic mass is 16.1. The van der Waals surface area contributed by atoms with E-state index in [1.165, 1.54) is 6.20 Å². The van der Waals surface area contributed by atoms with E-state index in [1.54, 1.807) is 4.57 Å². The maximum atomic E-state index is 11.4. The Kier molecular flexibility index (Phi) is 1.60. The molecule has 12 heavy (non-hydrogen) atoms. The number of rotatable bonds is 0. The fourth-order valence-corrected chi connectivity index (χ4v) is 1.53. The van der Waals surface area contributed by atoms with Crippen LogP contribution in [0.5, 0.6) is 0 Å². The van der Waals surface area contributed by atoms with Crippen molar-refractivity contribution >= 4 is 5.69 Å². The molecule has 0 aromatic carbocycles. The highest BCUT2D eigenvalue weighted by molar-refractivity contribution is 5.31. The van der Waals surface area contributed by atoms with E-state index in [0.29, 0.717) is 0 Å². The normalized spacial score (nSPS) is 15.7. The van der Waals surface area contributed by atoms with Gasteiger partial charge in [-0.25, -0.2) is 4.98 Å². The molecule has 4 heteroatoms. The van der Waals surface area contributed by atoms with Gasteiger partial charge < -0.3 is 5.73 Å². The predicted molar refractivity (Wildman–Crippen MR) is 45.8 cm³/mol. The topological polar surface area (TPSA) is 60.9 Å². The molecule has 0 fully saturated rings. The summed E-state index contributed by atoms with van der Waals surface area (Å²) in [5, 5.41) is 0. The van der Waals surface area contributed by atoms with Crippen molar-refractivity contribution in [2.24, 2.45) is 0 Å². The lowest BCUT2D eigenvalue weighted by Gasteiger charge is -2.16. The summed E-state index contributed by atoms with van der Waals surface area (Å²) in [6.07, 6.45) is 4.53. The lowest BCUT2D eigenvalue weighted by atomic mass is 10.1. The number of nitrogen functional groups attached to an aromatic ring is 1. The molecule has 64 valence electrons. The SMILES string of the molecule is Nc1cnc2n(c1=O)CCCC2. The van der Waals surface area contributed by atoms with Gasteiger partial charge in [0, 0.05) is 13.0 Å². The van der Waals surface area contributed by atoms with Gasteiger partial charge >= 0.3 is 0 Å². The van der Waals surface area contributed by atoms with E-state index in [4.69, 9.17) is 5.73 Å². The minimum atomic E-state index is -0.0836. The molecule has 0 saturated carbocycles. The standard InChI is InChI=1S/C8H11N3O/c9-6-5-10-7-3-1-2-4-11(7)8(6)12/h5H,1-4,9H2. The van der Waals surface area contributed by atoms with Gasteiger partial charge in [0.05, 0.1) is 6.20 Å². The fourth-order valence-electron chi connectivity index (χ4n) is 1.53. The van der Waals surface area contributed by atoms with Crippen LogP contribution in [-0.2, 0) is 13.0 Å². The van der Waals surface area contributed by atoms with Crippen LogP contribution in [0.25, 0.3) is 0 Å². The Morgan fingerprint density at radius 3 is 3.17 bits per heavy atom. The highest BCUT2D eigenvalue weighted by Crippen LogP contribution is 2.09. The van der Waals surface area contributed by atoms with Crippen molar-refractivity contribution < 1.29 is 0 Å². The van der Waals surface area contributed by atoms with Crippen LogP contribution in [0, 0.1) is 0 Å². The van der Waals surface area contributed by atoms with Gasteiger partial charge in [-0.15, -0.1) is 0 Å². The molecule has 0 saturated heterocycles. The molecule has 0 aliphatic carbocycles. The maximum absolute atomic E-state index is 11.4. The van der Waals surface area contributed by atoms with E-state index >= 15 is 0 Å². The Balaban J connectivity index is 2.62. The van der Waals surface area contributed by atoms with Gasteiger partial charge in [0.2, 0.25) is 0 Å². The molecular weight excluding hydrogens is 154 g/mol. The summed E-state index contributed by atoms with van der Waals surface area (Å²) in [5.41, 5.74) is 5.62. The first-order valence-electron chi connectivity index (χ1n) is 4.13. The van der Waals surface area contributed by atoms with E-state index < -0.39 is 0 Å². The van der Waals surface area contributed by atoms with Crippen molar-refractivity contribution in [3.05, 3.63) is 22.4 Å². The summed E-state index contributed by atoms with van der Waals surface area (Å²) >= 11 is 0. The summed E-state index contributed by atoms with van der Waals surface area (Å²) in [7, 11) is 0. The van der Waals surface area contributed by atoms with Gasteiger partial charge in [-0.05, 0) is 12.8 Å². The van der Waals surface area contributed by atoms with Gasteiger partial charge in [0.1, 0.15) is 11.5 Å². The zero-order valence-corrected chi connectivity index (χ0v) is 6.79. The molecule has 4 nitrogen and oxygen atoms in total. The maximum Gasteiger partial charge on any atom is 0.276 e. The summed E-state index contributed by atoms with van der Waals surface area (Å²) in [6.45, 7) is 0.770. The zero-order chi connectivity index (χ0) is 8.55. The quantitative estimate of drug-likeness (QED) is 0.595. The molecule has 2 N–H and O–H groups in total. The molecule has 0 unspecified atom stereocenters. The van der Waals surface area contributed by atoms with Gasteiger partial charge in [0.25, 0.3) is 5.56 Å². The van der Waals surface area contributed by atoms with Crippen molar-refractivity contribution in [3.63, 3.8) is 0 Å². The minimum absolute atomic E-state index is 0.0836. The van der Waals surface area contributed by atoms with Gasteiger partial charge in [-0.2, -0.15) is 0 Å². The minimum Gasteiger partial charge on any atom is -0.393 e. The average molecular weight is 165 g/mol. The Bertz CT molecular complexity index is 356. The summed E-state index contributed by atoms with van der Waals surface area (Å²) < 4.78 is 1.68. The van der Waals surface area contributed by atoms with Crippen LogP contribution in [0.4, 0.5) is 5.69 Å². The third kappa shape index (κ3) is 0.995. The number of anilines is 1. The second-order valence-electron chi connectivity index (χ2n) is 3.04. The second-order valence-corrected chi connectivity index (χ2v) is 3.04. The Morgan fingerprint density at radius 2 is 2.33 bits per heavy atom. The van der Waals surface area contributed by atoms with Gasteiger partial charge in [-0.3, -0.25) is 9.36 Å². The smallest absolute Gasteiger partial charge is 0.276 e. The van der Waals surface area contributed by atoms with Crippen LogP contribution >= 0.6 is 0 Å². The summed E-state index contributed by atoms with van der Waals surface area (Å²) in [6, 6.07) is 0. The Labute approximate surface area is 70.0 Å². The van der Waals surface area contributed by atoms with Gasteiger partial charge in [0.15, 0.2) is 0 Å². The number of hydrogen-bond acceptors (Lipinski definition) is 3. The van der Waals surface area contributed by atoms with E-state index in [-0.39, 0.29) is 11.2 Å². The third-order valence-electron chi connectivity index (χ3n) is 2.19. The zero-order valence-electron chi connectivity index (χ0n) is 6.79. The van der Waals surface area contributed by atoms with E-state index in [1.807, 2.05) is 0 Å². The Morgan fingerprint density at radius 1 is 1.50 bits per heavy atom. The number of aromatic nitrogens is 2. The number of nitrogens with two attached hydrogens (primary N) is 1. The number of fused-ring (bicyclic) bond motifs is 1. The number of aryl methyl sites for hydroxylation is 1. The van der Waals surface area contributed by atoms with Crippen molar-refractivity contribution in [2.45, 2.75) is 25.8 Å². The molecule has 1 aliphatic heterocycles. The highest BCUT2D eigenvalue weighted by Gasteiger charge is 2.11. The average Bonchev–Trinajstić information content (AvgIpc) is 2.12. The van der Waals surface area contributed by atoms with Crippen LogP contribution in [-0.4, -0.2) is 9.55 Å². The van der Waals surface area contributed by atoms with Gasteiger partial charge in [-0.1, -0.05) is 0 Å². The van der Waals surface area contributed by atoms with Crippen molar-refractivity contribution in [3.8, 4) is 0 Å². The second kappa shape index (κ2) is 2.62. The largest absolute Gasteiger partial charge is 0.393 e. The molecule has 1 aromatic rings. The van der Waals surface area contributed by atoms with Crippen molar-refractivity contribution in [1.82, 2.24) is 9.55 Å². The summed E-state index contributed by atoms with van der Waals surface area (Å²) in [4.78, 5) is 15.5. The number of nitrogens with zero attached hydrogens (tertiary/aromatic N) is 2. The first kappa shape index (κ1) is 7.34. The monoisotopic (exact) mass is 165 g/mol. The molecule has 1 aromatic heterocycles. The molecule has 0 amide bonds. The first-order chi connectivity index (χ1) is 5.79. The summed E-state index contributed by atoms with van der Waals surface area (Å²) in [5.74, 6) is 0.875. The third-order valence-corrected chi connectivity index (χ3v) is 2.19. The van der Waals surface area contributed by atoms with Crippen LogP contribution in [0.15, 0.2) is 11.0 Å². The van der Waals surface area contributed by atoms with Crippen LogP contribution in [0.3, 0.4) is 0 Å². The molecule has 0 radical (unpaired) electrons. The number of hydrogen-bond donors (Lipinski definition) is 1. The molecular formula is C8H11N3O. The van der Waals surface area contributed by atoms with Crippen LogP contribution in [0.2, 0.25) is 0 Å². The first-order valence-corrected chi connectivity index (χ1v) is 4.13. The fraction of sp³-hybridized carbons (Fsp3) is 0.500. The van der Waals surface area contributed by atoms with Crippen LogP contribution < -0.4 is 11.3 Å². The molecule has 0 bridgehead atoms. The predicted octanol–water partition coefficient (Wildman–Crippen LogP) is 0.162. The molecule has 1 aliphatic rings. The van der Waals surface area contributed by atoms with E-state index in [0.717, 1.165) is 31.6 Å². The lowest BCUT2D eigenvalue weighted by Crippen LogP contribution is -2.29. The lowest BCUT2D eigenvalue weighted by molar-refractivity contribution is 0.497. The van der Waals surface area contributed by atoms with E-state index in [2.05, 4.69) is 4.98 Å². The van der Waals surface area contributed by atoms with Crippen molar-refractivity contribution in [2.75, 3.05) is 5.73 Å². The molecule has 0 spiro atoms. The Hall–Kier alpha value is -1.32. The van der Waals surface area contributed by atoms with Crippen LogP contribution in [0.1, 0.15) is 18.7 Å². The molecule has 2 heterocycles. The van der Waals surface area contributed by atoms with E-state index in [9.17, 15) is 4.79 Å². The molecule has 2 rings (SSSR count). The molecule has 0 atom stereocenters. The van der Waals surface area contributed by atoms with Crippen molar-refractivity contribution in [1.29, 1.82) is 0 Å².